The summed E-state index contributed by atoms with van der Waals surface area (Å²) in [6.45, 7) is 0. The number of hydrogen-bond donors (Lipinski definition) is 2. The van der Waals surface area contributed by atoms with E-state index < -0.39 is 5.97 Å². The second-order valence-electron chi connectivity index (χ2n) is 4.26. The van der Waals surface area contributed by atoms with Crippen molar-refractivity contribution >= 4 is 28.3 Å². The highest BCUT2D eigenvalue weighted by atomic mass is 32.1. The minimum Gasteiger partial charge on any atom is -0.481 e. The predicted octanol–water partition coefficient (Wildman–Crippen LogP) is 1.90. The topological polar surface area (TPSA) is 79.3 Å². The second kappa shape index (κ2) is 5.27. The summed E-state index contributed by atoms with van der Waals surface area (Å²) in [5.41, 5.74) is 0.487. The van der Waals surface area contributed by atoms with Crippen LogP contribution < -0.4 is 5.32 Å². The van der Waals surface area contributed by atoms with E-state index in [1.807, 2.05) is 0 Å². The van der Waals surface area contributed by atoms with Crippen molar-refractivity contribution in [2.24, 2.45) is 5.92 Å². The van der Waals surface area contributed by atoms with Gasteiger partial charge in [0.15, 0.2) is 5.13 Å². The molecular formula is C11H14N2O3S. The Morgan fingerprint density at radius 3 is 2.88 bits per heavy atom. The molecule has 0 radical (unpaired) electrons. The fourth-order valence-corrected chi connectivity index (χ4v) is 2.46. The quantitative estimate of drug-likeness (QED) is 0.841. The number of carbonyl (C=O) groups excluding carboxylic acids is 1. The first-order valence-corrected chi connectivity index (χ1v) is 6.47. The molecule has 1 heterocycles. The Kier molecular flexibility index (Phi) is 3.73. The Morgan fingerprint density at radius 1 is 1.53 bits per heavy atom. The van der Waals surface area contributed by atoms with Crippen LogP contribution in [0.3, 0.4) is 0 Å². The molecule has 1 amide bonds. The van der Waals surface area contributed by atoms with Crippen LogP contribution in [0.1, 0.15) is 31.4 Å². The molecule has 1 fully saturated rings. The van der Waals surface area contributed by atoms with E-state index in [0.717, 1.165) is 12.8 Å². The van der Waals surface area contributed by atoms with Crippen LogP contribution in [0, 0.1) is 5.92 Å². The molecule has 1 saturated carbocycles. The molecule has 0 saturated heterocycles. The van der Waals surface area contributed by atoms with E-state index >= 15 is 0 Å². The van der Waals surface area contributed by atoms with Crippen molar-refractivity contribution in [1.82, 2.24) is 4.98 Å². The normalized spacial score (nSPS) is 15.3. The van der Waals surface area contributed by atoms with Crippen LogP contribution in [0.4, 0.5) is 5.13 Å². The minimum absolute atomic E-state index is 0.0223. The highest BCUT2D eigenvalue weighted by Gasteiger charge is 2.21. The lowest BCUT2D eigenvalue weighted by atomic mass is 9.83. The van der Waals surface area contributed by atoms with Crippen LogP contribution in [-0.4, -0.2) is 22.0 Å². The molecule has 2 rings (SSSR count). The molecule has 2 N–H and O–H groups in total. The number of anilines is 1. The van der Waals surface area contributed by atoms with Crippen molar-refractivity contribution in [3.63, 3.8) is 0 Å². The fraction of sp³-hybridized carbons (Fsp3) is 0.545. The first-order chi connectivity index (χ1) is 8.13. The summed E-state index contributed by atoms with van der Waals surface area (Å²) in [4.78, 5) is 26.1. The summed E-state index contributed by atoms with van der Waals surface area (Å²) >= 11 is 1.27. The summed E-state index contributed by atoms with van der Waals surface area (Å²) < 4.78 is 0. The SMILES string of the molecule is O=C(O)Cc1csc(NC(=O)CC2CCC2)n1. The smallest absolute Gasteiger partial charge is 0.309 e. The number of carboxylic acids is 1. The molecule has 1 aliphatic carbocycles. The molecule has 0 spiro atoms. The first kappa shape index (κ1) is 12.0. The Bertz CT molecular complexity index is 426. The monoisotopic (exact) mass is 254 g/mol. The maximum atomic E-state index is 11.6. The lowest BCUT2D eigenvalue weighted by molar-refractivity contribution is -0.136. The van der Waals surface area contributed by atoms with Gasteiger partial charge in [-0.1, -0.05) is 6.42 Å². The first-order valence-electron chi connectivity index (χ1n) is 5.59. The number of amides is 1. The third-order valence-electron chi connectivity index (χ3n) is 2.83. The van der Waals surface area contributed by atoms with Gasteiger partial charge >= 0.3 is 5.97 Å². The van der Waals surface area contributed by atoms with E-state index in [4.69, 9.17) is 5.11 Å². The van der Waals surface area contributed by atoms with E-state index in [-0.39, 0.29) is 12.3 Å². The predicted molar refractivity (Wildman–Crippen MR) is 64.0 cm³/mol. The molecule has 6 heteroatoms. The van der Waals surface area contributed by atoms with Gasteiger partial charge in [0.2, 0.25) is 5.91 Å². The number of rotatable bonds is 5. The molecule has 0 aromatic carbocycles. The lowest BCUT2D eigenvalue weighted by Gasteiger charge is -2.24. The zero-order valence-corrected chi connectivity index (χ0v) is 10.1. The van der Waals surface area contributed by atoms with Gasteiger partial charge in [0.05, 0.1) is 12.1 Å². The molecule has 0 unspecified atom stereocenters. The number of aromatic nitrogens is 1. The molecule has 0 atom stereocenters. The molecule has 17 heavy (non-hydrogen) atoms. The Labute approximate surface area is 103 Å². The van der Waals surface area contributed by atoms with E-state index in [2.05, 4.69) is 10.3 Å². The van der Waals surface area contributed by atoms with Crippen molar-refractivity contribution in [3.05, 3.63) is 11.1 Å². The number of nitrogens with one attached hydrogen (secondary N) is 1. The van der Waals surface area contributed by atoms with E-state index in [1.165, 1.54) is 17.8 Å². The van der Waals surface area contributed by atoms with Crippen molar-refractivity contribution < 1.29 is 14.7 Å². The van der Waals surface area contributed by atoms with E-state index in [1.54, 1.807) is 5.38 Å². The van der Waals surface area contributed by atoms with Crippen LogP contribution in [0.25, 0.3) is 0 Å². The highest BCUT2D eigenvalue weighted by Crippen LogP contribution is 2.29. The maximum absolute atomic E-state index is 11.6. The van der Waals surface area contributed by atoms with Gasteiger partial charge in [0.1, 0.15) is 0 Å². The average molecular weight is 254 g/mol. The number of aliphatic carboxylic acids is 1. The van der Waals surface area contributed by atoms with Gasteiger partial charge in [-0.2, -0.15) is 0 Å². The largest absolute Gasteiger partial charge is 0.481 e. The Balaban J connectivity index is 1.83. The summed E-state index contributed by atoms with van der Waals surface area (Å²) in [5.74, 6) is -0.415. The van der Waals surface area contributed by atoms with Crippen LogP contribution in [-0.2, 0) is 16.0 Å². The van der Waals surface area contributed by atoms with Crippen LogP contribution >= 0.6 is 11.3 Å². The number of nitrogens with zero attached hydrogens (tertiary/aromatic N) is 1. The molecule has 1 aliphatic rings. The summed E-state index contributed by atoms with van der Waals surface area (Å²) in [6, 6.07) is 0. The van der Waals surface area contributed by atoms with Gasteiger partial charge in [-0.15, -0.1) is 11.3 Å². The van der Waals surface area contributed by atoms with Crippen molar-refractivity contribution in [2.75, 3.05) is 5.32 Å². The number of hydrogen-bond acceptors (Lipinski definition) is 4. The van der Waals surface area contributed by atoms with Crippen molar-refractivity contribution in [2.45, 2.75) is 32.1 Å². The standard InChI is InChI=1S/C11H14N2O3S/c14-9(4-7-2-1-3-7)13-11-12-8(6-17-11)5-10(15)16/h6-7H,1-5H2,(H,15,16)(H,12,13,14). The number of thiazole rings is 1. The Morgan fingerprint density at radius 2 is 2.29 bits per heavy atom. The van der Waals surface area contributed by atoms with Gasteiger partial charge in [-0.05, 0) is 18.8 Å². The number of carboxylic acid groups (broad SMARTS) is 1. The van der Waals surface area contributed by atoms with Crippen LogP contribution in [0.2, 0.25) is 0 Å². The molecular weight excluding hydrogens is 240 g/mol. The fourth-order valence-electron chi connectivity index (χ4n) is 1.73. The number of carbonyl (C=O) groups is 2. The van der Waals surface area contributed by atoms with E-state index in [9.17, 15) is 9.59 Å². The van der Waals surface area contributed by atoms with Gasteiger partial charge in [0, 0.05) is 11.8 Å². The van der Waals surface area contributed by atoms with Crippen LogP contribution in [0.5, 0.6) is 0 Å². The summed E-state index contributed by atoms with van der Waals surface area (Å²) in [6.07, 6.45) is 3.94. The highest BCUT2D eigenvalue weighted by molar-refractivity contribution is 7.13. The average Bonchev–Trinajstić information content (AvgIpc) is 2.58. The van der Waals surface area contributed by atoms with Crippen molar-refractivity contribution in [1.29, 1.82) is 0 Å². The van der Waals surface area contributed by atoms with E-state index in [0.29, 0.717) is 23.2 Å². The maximum Gasteiger partial charge on any atom is 0.309 e. The summed E-state index contributed by atoms with van der Waals surface area (Å²) in [5, 5.41) is 13.5. The molecule has 92 valence electrons. The molecule has 1 aromatic rings. The lowest BCUT2D eigenvalue weighted by Crippen LogP contribution is -2.20. The zero-order chi connectivity index (χ0) is 12.3. The summed E-state index contributed by atoms with van der Waals surface area (Å²) in [7, 11) is 0. The molecule has 5 nitrogen and oxygen atoms in total. The third-order valence-corrected chi connectivity index (χ3v) is 3.64. The zero-order valence-electron chi connectivity index (χ0n) is 9.31. The van der Waals surface area contributed by atoms with Crippen LogP contribution in [0.15, 0.2) is 5.38 Å². The van der Waals surface area contributed by atoms with Gasteiger partial charge in [0.25, 0.3) is 0 Å². The van der Waals surface area contributed by atoms with Gasteiger partial charge in [-0.25, -0.2) is 4.98 Å². The second-order valence-corrected chi connectivity index (χ2v) is 5.12. The molecule has 0 aliphatic heterocycles. The molecule has 1 aromatic heterocycles. The van der Waals surface area contributed by atoms with Crippen molar-refractivity contribution in [3.8, 4) is 0 Å². The minimum atomic E-state index is -0.914. The third kappa shape index (κ3) is 3.52. The van der Waals surface area contributed by atoms with Gasteiger partial charge < -0.3 is 10.4 Å². The van der Waals surface area contributed by atoms with Gasteiger partial charge in [-0.3, -0.25) is 9.59 Å². The Hall–Kier alpha value is -1.43. The molecule has 0 bridgehead atoms.